The average molecular weight is 361 g/mol. The molecular weight excluding hydrogens is 320 g/mol. The molecule has 0 bridgehead atoms. The molecule has 1 amide bonds. The molecule has 0 N–H and O–H groups in total. The lowest BCUT2D eigenvalue weighted by Crippen LogP contribution is -2.37. The van der Waals surface area contributed by atoms with Crippen LogP contribution in [0, 0.1) is 11.3 Å². The van der Waals surface area contributed by atoms with Crippen LogP contribution in [0.2, 0.25) is 0 Å². The molecular formula is C23H40N2O. The third-order valence-electron chi connectivity index (χ3n) is 7.19. The molecule has 0 radical (unpaired) electrons. The molecule has 2 fully saturated rings. The summed E-state index contributed by atoms with van der Waals surface area (Å²) in [5, 5.41) is 0. The predicted molar refractivity (Wildman–Crippen MR) is 109 cm³/mol. The summed E-state index contributed by atoms with van der Waals surface area (Å²) in [5.41, 5.74) is 3.79. The number of carbonyl (C=O) groups excluding carboxylic acids is 1. The lowest BCUT2D eigenvalue weighted by Gasteiger charge is -2.37. The second-order valence-electron chi connectivity index (χ2n) is 9.68. The number of nitrogens with zero attached hydrogens (tertiary/aromatic N) is 2. The molecule has 2 aliphatic heterocycles. The Morgan fingerprint density at radius 1 is 1.12 bits per heavy atom. The number of allylic oxidation sites excluding steroid dienone is 1. The van der Waals surface area contributed by atoms with Crippen molar-refractivity contribution in [2.75, 3.05) is 32.7 Å². The lowest BCUT2D eigenvalue weighted by molar-refractivity contribution is -0.130. The van der Waals surface area contributed by atoms with Crippen molar-refractivity contribution in [3.05, 3.63) is 11.1 Å². The summed E-state index contributed by atoms with van der Waals surface area (Å²) in [7, 11) is 0. The fourth-order valence-electron chi connectivity index (χ4n) is 5.54. The summed E-state index contributed by atoms with van der Waals surface area (Å²) in [6, 6.07) is 0. The topological polar surface area (TPSA) is 23.6 Å². The fourth-order valence-corrected chi connectivity index (χ4v) is 5.54. The summed E-state index contributed by atoms with van der Waals surface area (Å²) >= 11 is 0. The van der Waals surface area contributed by atoms with Gasteiger partial charge in [-0.3, -0.25) is 4.79 Å². The maximum absolute atomic E-state index is 12.3. The second-order valence-corrected chi connectivity index (χ2v) is 9.68. The van der Waals surface area contributed by atoms with Crippen molar-refractivity contribution in [3.63, 3.8) is 0 Å². The monoisotopic (exact) mass is 360 g/mol. The van der Waals surface area contributed by atoms with Gasteiger partial charge in [-0.1, -0.05) is 25.0 Å². The lowest BCUT2D eigenvalue weighted by atomic mass is 9.71. The number of carbonyl (C=O) groups is 1. The first-order valence-corrected chi connectivity index (χ1v) is 11.1. The Morgan fingerprint density at radius 2 is 1.88 bits per heavy atom. The maximum Gasteiger partial charge on any atom is 0.222 e. The minimum absolute atomic E-state index is 0.402. The quantitative estimate of drug-likeness (QED) is 0.621. The predicted octanol–water partition coefficient (Wildman–Crippen LogP) is 5.02. The third kappa shape index (κ3) is 5.12. The molecule has 3 heteroatoms. The van der Waals surface area contributed by atoms with Crippen LogP contribution in [-0.4, -0.2) is 48.4 Å². The van der Waals surface area contributed by atoms with Gasteiger partial charge in [0.15, 0.2) is 0 Å². The van der Waals surface area contributed by atoms with Crippen LogP contribution in [0.5, 0.6) is 0 Å². The SMILES string of the molecule is CC1=C(CCN2CCCC(CCC(=O)N3CCCC3)C2)C(C)(C)CCC1. The summed E-state index contributed by atoms with van der Waals surface area (Å²) in [4.78, 5) is 17.1. The highest BCUT2D eigenvalue weighted by Crippen LogP contribution is 2.41. The molecule has 1 aliphatic carbocycles. The van der Waals surface area contributed by atoms with Crippen LogP contribution in [0.3, 0.4) is 0 Å². The van der Waals surface area contributed by atoms with Crippen molar-refractivity contribution in [2.45, 2.75) is 85.0 Å². The van der Waals surface area contributed by atoms with E-state index in [9.17, 15) is 4.79 Å². The van der Waals surface area contributed by atoms with E-state index in [0.717, 1.165) is 31.8 Å². The van der Waals surface area contributed by atoms with Gasteiger partial charge in [0.25, 0.3) is 0 Å². The van der Waals surface area contributed by atoms with Crippen molar-refractivity contribution in [1.29, 1.82) is 0 Å². The Balaban J connectivity index is 1.44. The number of likely N-dealkylation sites (tertiary alicyclic amines) is 2. The first-order chi connectivity index (χ1) is 12.5. The minimum Gasteiger partial charge on any atom is -0.343 e. The Kier molecular flexibility index (Phi) is 6.82. The molecule has 3 rings (SSSR count). The number of piperidine rings is 1. The van der Waals surface area contributed by atoms with E-state index in [1.54, 1.807) is 11.1 Å². The number of amides is 1. The highest BCUT2D eigenvalue weighted by Gasteiger charge is 2.29. The number of hydrogen-bond donors (Lipinski definition) is 0. The van der Waals surface area contributed by atoms with Crippen molar-refractivity contribution in [3.8, 4) is 0 Å². The zero-order valence-electron chi connectivity index (χ0n) is 17.5. The van der Waals surface area contributed by atoms with E-state index in [0.29, 0.717) is 11.3 Å². The van der Waals surface area contributed by atoms with E-state index in [-0.39, 0.29) is 0 Å². The molecule has 0 aromatic heterocycles. The molecule has 1 unspecified atom stereocenters. The van der Waals surface area contributed by atoms with Crippen LogP contribution in [0.25, 0.3) is 0 Å². The Bertz CT molecular complexity index is 516. The van der Waals surface area contributed by atoms with Gasteiger partial charge >= 0.3 is 0 Å². The van der Waals surface area contributed by atoms with Crippen LogP contribution in [0.15, 0.2) is 11.1 Å². The van der Waals surface area contributed by atoms with Gasteiger partial charge in [0.2, 0.25) is 5.91 Å². The maximum atomic E-state index is 12.3. The van der Waals surface area contributed by atoms with Crippen LogP contribution in [0.4, 0.5) is 0 Å². The first-order valence-electron chi connectivity index (χ1n) is 11.1. The molecule has 3 aliphatic rings. The first kappa shape index (κ1) is 19.9. The molecule has 3 nitrogen and oxygen atoms in total. The van der Waals surface area contributed by atoms with Gasteiger partial charge in [0, 0.05) is 32.6 Å². The van der Waals surface area contributed by atoms with E-state index in [4.69, 9.17) is 0 Å². The van der Waals surface area contributed by atoms with Gasteiger partial charge < -0.3 is 9.80 Å². The molecule has 148 valence electrons. The van der Waals surface area contributed by atoms with Gasteiger partial charge in [-0.2, -0.15) is 0 Å². The van der Waals surface area contributed by atoms with Crippen LogP contribution in [-0.2, 0) is 4.79 Å². The van der Waals surface area contributed by atoms with Gasteiger partial charge in [-0.05, 0) is 82.6 Å². The van der Waals surface area contributed by atoms with E-state index in [2.05, 4.69) is 30.6 Å². The summed E-state index contributed by atoms with van der Waals surface area (Å²) < 4.78 is 0. The summed E-state index contributed by atoms with van der Waals surface area (Å²) in [6.45, 7) is 12.9. The van der Waals surface area contributed by atoms with Crippen LogP contribution < -0.4 is 0 Å². The fraction of sp³-hybridized carbons (Fsp3) is 0.870. The molecule has 1 atom stereocenters. The Labute approximate surface area is 161 Å². The molecule has 2 saturated heterocycles. The Morgan fingerprint density at radius 3 is 2.62 bits per heavy atom. The van der Waals surface area contributed by atoms with Gasteiger partial charge in [-0.15, -0.1) is 0 Å². The highest BCUT2D eigenvalue weighted by atomic mass is 16.2. The van der Waals surface area contributed by atoms with Crippen molar-refractivity contribution in [2.24, 2.45) is 11.3 Å². The minimum atomic E-state index is 0.402. The number of hydrogen-bond acceptors (Lipinski definition) is 2. The zero-order valence-corrected chi connectivity index (χ0v) is 17.5. The molecule has 0 aromatic rings. The molecule has 0 aromatic carbocycles. The average Bonchev–Trinajstić information content (AvgIpc) is 3.14. The summed E-state index contributed by atoms with van der Waals surface area (Å²) in [6.07, 6.45) is 12.2. The van der Waals surface area contributed by atoms with E-state index < -0.39 is 0 Å². The molecule has 26 heavy (non-hydrogen) atoms. The van der Waals surface area contributed by atoms with E-state index >= 15 is 0 Å². The highest BCUT2D eigenvalue weighted by molar-refractivity contribution is 5.76. The molecule has 0 saturated carbocycles. The van der Waals surface area contributed by atoms with Crippen molar-refractivity contribution in [1.82, 2.24) is 9.80 Å². The zero-order chi connectivity index (χ0) is 18.6. The van der Waals surface area contributed by atoms with E-state index in [1.807, 2.05) is 0 Å². The standard InChI is InChI=1S/C23H40N2O/c1-19-8-6-13-23(2,3)21(19)12-17-24-14-7-9-20(18-24)10-11-22(26)25-15-4-5-16-25/h20H,4-18H2,1-3H3. The molecule has 2 heterocycles. The van der Waals surface area contributed by atoms with Gasteiger partial charge in [0.05, 0.1) is 0 Å². The van der Waals surface area contributed by atoms with Crippen LogP contribution in [0.1, 0.15) is 85.0 Å². The molecule has 0 spiro atoms. The van der Waals surface area contributed by atoms with Gasteiger partial charge in [-0.25, -0.2) is 0 Å². The second kappa shape index (κ2) is 8.91. The third-order valence-corrected chi connectivity index (χ3v) is 7.19. The van der Waals surface area contributed by atoms with Crippen molar-refractivity contribution >= 4 is 5.91 Å². The Hall–Kier alpha value is -0.830. The smallest absolute Gasteiger partial charge is 0.222 e. The van der Waals surface area contributed by atoms with E-state index in [1.165, 1.54) is 71.0 Å². The number of rotatable bonds is 6. The largest absolute Gasteiger partial charge is 0.343 e. The summed E-state index contributed by atoms with van der Waals surface area (Å²) in [5.74, 6) is 1.13. The van der Waals surface area contributed by atoms with Crippen molar-refractivity contribution < 1.29 is 4.79 Å². The van der Waals surface area contributed by atoms with Crippen LogP contribution >= 0.6 is 0 Å². The van der Waals surface area contributed by atoms with Gasteiger partial charge in [0.1, 0.15) is 0 Å². The normalized spacial score (nSPS) is 27.2.